The number of carbonyl (C=O) groups excluding carboxylic acids is 2. The minimum atomic E-state index is -0.945. The van der Waals surface area contributed by atoms with Crippen LogP contribution in [0.2, 0.25) is 0 Å². The van der Waals surface area contributed by atoms with E-state index in [0.717, 1.165) is 11.8 Å². The molecule has 2 atom stereocenters. The zero-order valence-corrected chi connectivity index (χ0v) is 12.2. The van der Waals surface area contributed by atoms with Gasteiger partial charge in [-0.3, -0.25) is 14.4 Å². The van der Waals surface area contributed by atoms with Crippen LogP contribution in [0.3, 0.4) is 0 Å². The molecule has 1 saturated heterocycles. The number of hydrogen-bond donors (Lipinski definition) is 3. The molecule has 1 rings (SSSR count). The third-order valence-corrected chi connectivity index (χ3v) is 3.50. The van der Waals surface area contributed by atoms with Gasteiger partial charge in [-0.2, -0.15) is 0 Å². The second kappa shape index (κ2) is 6.27. The van der Waals surface area contributed by atoms with Crippen LogP contribution in [-0.2, 0) is 9.59 Å². The van der Waals surface area contributed by atoms with Gasteiger partial charge in [0.05, 0.1) is 6.42 Å². The van der Waals surface area contributed by atoms with Gasteiger partial charge in [0.15, 0.2) is 0 Å². The van der Waals surface area contributed by atoms with E-state index in [1.54, 1.807) is 0 Å². The molecule has 6 nitrogen and oxygen atoms in total. The fourth-order valence-electron chi connectivity index (χ4n) is 1.95. The Morgan fingerprint density at radius 1 is 1.53 bits per heavy atom. The molecule has 1 heterocycles. The largest absolute Gasteiger partial charge is 0.481 e. The number of carbonyl (C=O) groups is 3. The second-order valence-electron chi connectivity index (χ2n) is 5.86. The average Bonchev–Trinajstić information content (AvgIpc) is 2.60. The van der Waals surface area contributed by atoms with Crippen molar-refractivity contribution in [2.75, 3.05) is 5.75 Å². The van der Waals surface area contributed by atoms with E-state index in [1.165, 1.54) is 0 Å². The molecule has 0 saturated carbocycles. The summed E-state index contributed by atoms with van der Waals surface area (Å²) in [5.74, 6) is -0.867. The SMILES string of the molecule is CC(C)(C)CC(CC(=O)O)NC(=O)C1CSC(=O)N1. The van der Waals surface area contributed by atoms with Gasteiger partial charge in [0, 0.05) is 11.8 Å². The van der Waals surface area contributed by atoms with E-state index in [4.69, 9.17) is 5.11 Å². The monoisotopic (exact) mass is 288 g/mol. The highest BCUT2D eigenvalue weighted by Crippen LogP contribution is 2.22. The van der Waals surface area contributed by atoms with E-state index in [1.807, 2.05) is 20.8 Å². The molecule has 0 radical (unpaired) electrons. The number of thioether (sulfide) groups is 1. The Kier molecular flexibility index (Phi) is 5.22. The molecule has 1 aliphatic heterocycles. The molecule has 0 aromatic rings. The second-order valence-corrected chi connectivity index (χ2v) is 6.86. The Bertz CT molecular complexity index is 378. The lowest BCUT2D eigenvalue weighted by Crippen LogP contribution is -2.48. The van der Waals surface area contributed by atoms with Gasteiger partial charge in [0.2, 0.25) is 5.91 Å². The lowest BCUT2D eigenvalue weighted by Gasteiger charge is -2.26. The number of carboxylic acids is 1. The van der Waals surface area contributed by atoms with Crippen molar-refractivity contribution in [2.24, 2.45) is 5.41 Å². The molecular weight excluding hydrogens is 268 g/mol. The van der Waals surface area contributed by atoms with Crippen LogP contribution in [0.25, 0.3) is 0 Å². The fourth-order valence-corrected chi connectivity index (χ4v) is 2.73. The first-order chi connectivity index (χ1) is 8.67. The maximum atomic E-state index is 11.9. The first-order valence-electron chi connectivity index (χ1n) is 6.13. The summed E-state index contributed by atoms with van der Waals surface area (Å²) in [7, 11) is 0. The summed E-state index contributed by atoms with van der Waals surface area (Å²) in [5.41, 5.74) is -0.0823. The fraction of sp³-hybridized carbons (Fsp3) is 0.750. The lowest BCUT2D eigenvalue weighted by atomic mass is 9.87. The van der Waals surface area contributed by atoms with Crippen LogP contribution in [0.4, 0.5) is 4.79 Å². The van der Waals surface area contributed by atoms with Gasteiger partial charge in [0.25, 0.3) is 5.24 Å². The highest BCUT2D eigenvalue weighted by Gasteiger charge is 2.30. The van der Waals surface area contributed by atoms with E-state index in [-0.39, 0.29) is 23.0 Å². The highest BCUT2D eigenvalue weighted by molar-refractivity contribution is 8.14. The molecule has 108 valence electrons. The van der Waals surface area contributed by atoms with Crippen molar-refractivity contribution in [1.29, 1.82) is 0 Å². The Labute approximate surface area is 116 Å². The summed E-state index contributed by atoms with van der Waals surface area (Å²) in [6.07, 6.45) is 0.454. The lowest BCUT2D eigenvalue weighted by molar-refractivity contribution is -0.138. The molecule has 2 amide bonds. The summed E-state index contributed by atoms with van der Waals surface area (Å²) in [5, 5.41) is 13.9. The Balaban J connectivity index is 2.58. The average molecular weight is 288 g/mol. The number of hydrogen-bond acceptors (Lipinski definition) is 4. The minimum absolute atomic E-state index is 0.0823. The molecule has 0 bridgehead atoms. The zero-order valence-electron chi connectivity index (χ0n) is 11.4. The number of aliphatic carboxylic acids is 1. The van der Waals surface area contributed by atoms with E-state index in [2.05, 4.69) is 10.6 Å². The van der Waals surface area contributed by atoms with Crippen LogP contribution in [-0.4, -0.2) is 40.1 Å². The van der Waals surface area contributed by atoms with Gasteiger partial charge < -0.3 is 15.7 Å². The molecule has 19 heavy (non-hydrogen) atoms. The van der Waals surface area contributed by atoms with Gasteiger partial charge in [-0.1, -0.05) is 32.5 Å². The molecule has 0 aliphatic carbocycles. The summed E-state index contributed by atoms with van der Waals surface area (Å²) in [4.78, 5) is 33.8. The van der Waals surface area contributed by atoms with E-state index in [0.29, 0.717) is 12.2 Å². The molecular formula is C12H20N2O4S. The summed E-state index contributed by atoms with van der Waals surface area (Å²) in [6, 6.07) is -0.985. The van der Waals surface area contributed by atoms with E-state index < -0.39 is 18.1 Å². The van der Waals surface area contributed by atoms with Crippen molar-refractivity contribution in [3.63, 3.8) is 0 Å². The van der Waals surface area contributed by atoms with Crippen molar-refractivity contribution in [2.45, 2.75) is 45.7 Å². The van der Waals surface area contributed by atoms with E-state index in [9.17, 15) is 14.4 Å². The number of carboxylic acid groups (broad SMARTS) is 1. The van der Waals surface area contributed by atoms with Gasteiger partial charge in [-0.25, -0.2) is 0 Å². The molecule has 7 heteroatoms. The predicted octanol–water partition coefficient (Wildman–Crippen LogP) is 1.21. The van der Waals surface area contributed by atoms with Gasteiger partial charge in [0.1, 0.15) is 6.04 Å². The zero-order chi connectivity index (χ0) is 14.6. The predicted molar refractivity (Wildman–Crippen MR) is 73.0 cm³/mol. The minimum Gasteiger partial charge on any atom is -0.481 e. The van der Waals surface area contributed by atoms with Crippen molar-refractivity contribution < 1.29 is 19.5 Å². The van der Waals surface area contributed by atoms with Crippen molar-refractivity contribution in [3.8, 4) is 0 Å². The van der Waals surface area contributed by atoms with Crippen LogP contribution < -0.4 is 10.6 Å². The van der Waals surface area contributed by atoms with Crippen LogP contribution in [0, 0.1) is 5.41 Å². The topological polar surface area (TPSA) is 95.5 Å². The number of rotatable bonds is 5. The van der Waals surface area contributed by atoms with Gasteiger partial charge >= 0.3 is 5.97 Å². The standard InChI is InChI=1S/C12H20N2O4S/c1-12(2,3)5-7(4-9(15)16)13-10(17)8-6-19-11(18)14-8/h7-8H,4-6H2,1-3H3,(H,13,17)(H,14,18)(H,15,16). The number of nitrogens with one attached hydrogen (secondary N) is 2. The molecule has 0 aromatic heterocycles. The smallest absolute Gasteiger partial charge is 0.305 e. The third kappa shape index (κ3) is 5.96. The number of amides is 2. The van der Waals surface area contributed by atoms with E-state index >= 15 is 0 Å². The van der Waals surface area contributed by atoms with Gasteiger partial charge in [-0.05, 0) is 11.8 Å². The van der Waals surface area contributed by atoms with Crippen LogP contribution >= 0.6 is 11.8 Å². The Morgan fingerprint density at radius 2 is 2.16 bits per heavy atom. The third-order valence-electron chi connectivity index (χ3n) is 2.62. The molecule has 1 fully saturated rings. The first-order valence-corrected chi connectivity index (χ1v) is 7.11. The molecule has 3 N–H and O–H groups in total. The Hall–Kier alpha value is -1.24. The van der Waals surface area contributed by atoms with Crippen molar-refractivity contribution >= 4 is 28.9 Å². The molecule has 0 aromatic carbocycles. The first kappa shape index (κ1) is 15.8. The highest BCUT2D eigenvalue weighted by atomic mass is 32.2. The molecule has 2 unspecified atom stereocenters. The Morgan fingerprint density at radius 3 is 2.58 bits per heavy atom. The molecule has 1 aliphatic rings. The van der Waals surface area contributed by atoms with Crippen molar-refractivity contribution in [3.05, 3.63) is 0 Å². The van der Waals surface area contributed by atoms with Crippen LogP contribution in [0.15, 0.2) is 0 Å². The quantitative estimate of drug-likeness (QED) is 0.706. The van der Waals surface area contributed by atoms with Gasteiger partial charge in [-0.15, -0.1) is 0 Å². The summed E-state index contributed by atoms with van der Waals surface area (Å²) in [6.45, 7) is 5.96. The normalized spacial score (nSPS) is 20.8. The summed E-state index contributed by atoms with van der Waals surface area (Å²) >= 11 is 1.06. The van der Waals surface area contributed by atoms with Crippen LogP contribution in [0.1, 0.15) is 33.6 Å². The van der Waals surface area contributed by atoms with Crippen molar-refractivity contribution in [1.82, 2.24) is 10.6 Å². The molecule has 0 spiro atoms. The maximum Gasteiger partial charge on any atom is 0.305 e. The summed E-state index contributed by atoms with van der Waals surface area (Å²) < 4.78 is 0. The maximum absolute atomic E-state index is 11.9. The van der Waals surface area contributed by atoms with Crippen LogP contribution in [0.5, 0.6) is 0 Å².